The van der Waals surface area contributed by atoms with Crippen LogP contribution in [0.3, 0.4) is 0 Å². The van der Waals surface area contributed by atoms with Crippen molar-refractivity contribution < 1.29 is 4.79 Å². The van der Waals surface area contributed by atoms with Gasteiger partial charge in [-0.1, -0.05) is 42.1 Å². The van der Waals surface area contributed by atoms with Gasteiger partial charge in [0.1, 0.15) is 12.1 Å². The third kappa shape index (κ3) is 3.65. The van der Waals surface area contributed by atoms with Gasteiger partial charge in [0.15, 0.2) is 5.16 Å². The van der Waals surface area contributed by atoms with Crippen LogP contribution in [0.4, 0.5) is 5.82 Å². The van der Waals surface area contributed by atoms with E-state index in [0.29, 0.717) is 11.0 Å². The smallest absolute Gasteiger partial charge is 0.235 e. The minimum absolute atomic E-state index is 0.0305. The van der Waals surface area contributed by atoms with Gasteiger partial charge in [0.2, 0.25) is 5.91 Å². The molecular weight excluding hydrogens is 324 g/mol. The minimum Gasteiger partial charge on any atom is -0.312 e. The van der Waals surface area contributed by atoms with Crippen molar-refractivity contribution in [1.29, 1.82) is 0 Å². The van der Waals surface area contributed by atoms with E-state index in [2.05, 4.69) is 20.6 Å². The van der Waals surface area contributed by atoms with Crippen LogP contribution in [0, 0.1) is 0 Å². The zero-order valence-electron chi connectivity index (χ0n) is 13.5. The number of hydrogen-bond acceptors (Lipinski definition) is 5. The van der Waals surface area contributed by atoms with Gasteiger partial charge in [0.05, 0.1) is 18.0 Å². The Labute approximate surface area is 144 Å². The number of aromatic nitrogens is 5. The summed E-state index contributed by atoms with van der Waals surface area (Å²) in [5.41, 5.74) is 1.13. The zero-order chi connectivity index (χ0) is 16.9. The van der Waals surface area contributed by atoms with Crippen LogP contribution in [-0.2, 0) is 11.8 Å². The van der Waals surface area contributed by atoms with E-state index in [0.717, 1.165) is 5.56 Å². The van der Waals surface area contributed by atoms with E-state index in [-0.39, 0.29) is 17.7 Å². The third-order valence-corrected chi connectivity index (χ3v) is 4.62. The summed E-state index contributed by atoms with van der Waals surface area (Å²) in [5.74, 6) is 0.831. The number of nitrogens with one attached hydrogen (secondary N) is 1. The first-order chi connectivity index (χ1) is 11.6. The number of anilines is 1. The molecule has 2 aromatic heterocycles. The van der Waals surface area contributed by atoms with E-state index >= 15 is 0 Å². The molecule has 7 nitrogen and oxygen atoms in total. The van der Waals surface area contributed by atoms with Crippen molar-refractivity contribution >= 4 is 23.5 Å². The maximum absolute atomic E-state index is 12.2. The summed E-state index contributed by atoms with van der Waals surface area (Å²) >= 11 is 1.34. The lowest BCUT2D eigenvalue weighted by Crippen LogP contribution is -2.19. The van der Waals surface area contributed by atoms with E-state index in [4.69, 9.17) is 0 Å². The van der Waals surface area contributed by atoms with E-state index < -0.39 is 0 Å². The lowest BCUT2D eigenvalue weighted by molar-refractivity contribution is -0.113. The SMILES string of the molecule is CC(c1ccccc1)n1nccc1NC(=O)CSc1nncn1C. The van der Waals surface area contributed by atoms with Gasteiger partial charge in [0, 0.05) is 13.1 Å². The van der Waals surface area contributed by atoms with Gasteiger partial charge >= 0.3 is 0 Å². The second-order valence-corrected chi connectivity index (χ2v) is 6.25. The molecule has 124 valence electrons. The molecule has 0 aliphatic rings. The summed E-state index contributed by atoms with van der Waals surface area (Å²) < 4.78 is 3.58. The highest BCUT2D eigenvalue weighted by Gasteiger charge is 2.14. The van der Waals surface area contributed by atoms with Crippen molar-refractivity contribution in [3.05, 3.63) is 54.5 Å². The van der Waals surface area contributed by atoms with E-state index in [1.165, 1.54) is 11.8 Å². The van der Waals surface area contributed by atoms with Crippen molar-refractivity contribution in [2.75, 3.05) is 11.1 Å². The molecule has 0 fully saturated rings. The van der Waals surface area contributed by atoms with Crippen molar-refractivity contribution in [3.63, 3.8) is 0 Å². The molecule has 0 spiro atoms. The monoisotopic (exact) mass is 342 g/mol. The number of benzene rings is 1. The molecule has 0 radical (unpaired) electrons. The third-order valence-electron chi connectivity index (χ3n) is 3.59. The van der Waals surface area contributed by atoms with Gasteiger partial charge in [-0.3, -0.25) is 4.79 Å². The summed E-state index contributed by atoms with van der Waals surface area (Å²) in [6, 6.07) is 11.9. The normalized spacial score (nSPS) is 12.1. The average Bonchev–Trinajstić information content (AvgIpc) is 3.22. The van der Waals surface area contributed by atoms with E-state index in [1.807, 2.05) is 44.3 Å². The molecular formula is C16H18N6OS. The first kappa shape index (κ1) is 16.3. The van der Waals surface area contributed by atoms with Crippen molar-refractivity contribution in [3.8, 4) is 0 Å². The predicted octanol–water partition coefficient (Wildman–Crippen LogP) is 2.35. The fourth-order valence-electron chi connectivity index (χ4n) is 2.31. The molecule has 3 aromatic rings. The Hall–Kier alpha value is -2.61. The molecule has 0 bridgehead atoms. The summed E-state index contributed by atoms with van der Waals surface area (Å²) in [4.78, 5) is 12.2. The number of hydrogen-bond donors (Lipinski definition) is 1. The molecule has 0 aliphatic heterocycles. The molecule has 24 heavy (non-hydrogen) atoms. The van der Waals surface area contributed by atoms with Crippen LogP contribution in [0.5, 0.6) is 0 Å². The molecule has 3 rings (SSSR count). The number of rotatable bonds is 6. The zero-order valence-corrected chi connectivity index (χ0v) is 14.3. The van der Waals surface area contributed by atoms with Crippen molar-refractivity contribution in [2.24, 2.45) is 7.05 Å². The van der Waals surface area contributed by atoms with Gasteiger partial charge in [-0.25, -0.2) is 4.68 Å². The summed E-state index contributed by atoms with van der Waals surface area (Å²) in [6.07, 6.45) is 3.29. The van der Waals surface area contributed by atoms with Crippen LogP contribution in [0.1, 0.15) is 18.5 Å². The van der Waals surface area contributed by atoms with Crippen LogP contribution >= 0.6 is 11.8 Å². The molecule has 1 aromatic carbocycles. The number of carbonyl (C=O) groups is 1. The number of amides is 1. The molecule has 1 atom stereocenters. The van der Waals surface area contributed by atoms with Crippen LogP contribution in [0.15, 0.2) is 54.1 Å². The predicted molar refractivity (Wildman–Crippen MR) is 92.8 cm³/mol. The molecule has 0 aliphatic carbocycles. The highest BCUT2D eigenvalue weighted by molar-refractivity contribution is 7.99. The van der Waals surface area contributed by atoms with E-state index in [1.54, 1.807) is 27.8 Å². The van der Waals surface area contributed by atoms with Gasteiger partial charge in [-0.05, 0) is 12.5 Å². The van der Waals surface area contributed by atoms with Crippen molar-refractivity contribution in [1.82, 2.24) is 24.5 Å². The second kappa shape index (κ2) is 7.31. The molecule has 2 heterocycles. The average molecular weight is 342 g/mol. The maximum atomic E-state index is 12.2. The van der Waals surface area contributed by atoms with Gasteiger partial charge in [-0.15, -0.1) is 10.2 Å². The van der Waals surface area contributed by atoms with Gasteiger partial charge in [-0.2, -0.15) is 5.10 Å². The quantitative estimate of drug-likeness (QED) is 0.696. The Kier molecular flexibility index (Phi) is 4.95. The maximum Gasteiger partial charge on any atom is 0.235 e. The number of carbonyl (C=O) groups excluding carboxylic acids is 1. The Bertz CT molecular complexity index is 813. The first-order valence-corrected chi connectivity index (χ1v) is 8.49. The lowest BCUT2D eigenvalue weighted by Gasteiger charge is -2.16. The molecule has 1 unspecified atom stereocenters. The molecule has 1 amide bonds. The molecule has 8 heteroatoms. The van der Waals surface area contributed by atoms with Gasteiger partial charge < -0.3 is 9.88 Å². The summed E-state index contributed by atoms with van der Waals surface area (Å²) in [6.45, 7) is 2.05. The Morgan fingerprint density at radius 1 is 1.29 bits per heavy atom. The Morgan fingerprint density at radius 2 is 2.08 bits per heavy atom. The summed E-state index contributed by atoms with van der Waals surface area (Å²) in [7, 11) is 1.84. The Morgan fingerprint density at radius 3 is 2.79 bits per heavy atom. The number of aryl methyl sites for hydroxylation is 1. The second-order valence-electron chi connectivity index (χ2n) is 5.31. The fraction of sp³-hybridized carbons (Fsp3) is 0.250. The van der Waals surface area contributed by atoms with Crippen molar-refractivity contribution in [2.45, 2.75) is 18.1 Å². The highest BCUT2D eigenvalue weighted by atomic mass is 32.2. The summed E-state index contributed by atoms with van der Waals surface area (Å²) in [5, 5.41) is 15.7. The van der Waals surface area contributed by atoms with E-state index in [9.17, 15) is 4.79 Å². The number of nitrogens with zero attached hydrogens (tertiary/aromatic N) is 5. The number of thioether (sulfide) groups is 1. The lowest BCUT2D eigenvalue weighted by atomic mass is 10.1. The van der Waals surface area contributed by atoms with Crippen LogP contribution in [-0.4, -0.2) is 36.2 Å². The Balaban J connectivity index is 1.65. The molecule has 1 N–H and O–H groups in total. The molecule has 0 saturated heterocycles. The minimum atomic E-state index is -0.106. The van der Waals surface area contributed by atoms with Crippen LogP contribution in [0.2, 0.25) is 0 Å². The topological polar surface area (TPSA) is 77.6 Å². The fourth-order valence-corrected chi connectivity index (χ4v) is 2.99. The molecule has 0 saturated carbocycles. The largest absolute Gasteiger partial charge is 0.312 e. The van der Waals surface area contributed by atoms with Crippen LogP contribution in [0.25, 0.3) is 0 Å². The van der Waals surface area contributed by atoms with Crippen LogP contribution < -0.4 is 5.32 Å². The highest BCUT2D eigenvalue weighted by Crippen LogP contribution is 2.21. The first-order valence-electron chi connectivity index (χ1n) is 7.50. The van der Waals surface area contributed by atoms with Gasteiger partial charge in [0.25, 0.3) is 0 Å². The standard InChI is InChI=1S/C16H18N6OS/c1-12(13-6-4-3-5-7-13)22-14(8-9-18-22)19-15(23)10-24-16-20-17-11-21(16)2/h3-9,11-12H,10H2,1-2H3,(H,19,23).